The zero-order valence-corrected chi connectivity index (χ0v) is 12.4. The minimum atomic E-state index is -0.419. The van der Waals surface area contributed by atoms with Gasteiger partial charge in [0, 0.05) is 25.0 Å². The Bertz CT molecular complexity index is 364. The van der Waals surface area contributed by atoms with Crippen LogP contribution in [0.4, 0.5) is 0 Å². The average Bonchev–Trinajstić information content (AvgIpc) is 2.92. The first-order valence-electron chi connectivity index (χ1n) is 7.72. The second-order valence-corrected chi connectivity index (χ2v) is 6.48. The van der Waals surface area contributed by atoms with Gasteiger partial charge < -0.3 is 15.3 Å². The summed E-state index contributed by atoms with van der Waals surface area (Å²) in [5, 5.41) is 12.0. The number of rotatable bonds is 4. The quantitative estimate of drug-likeness (QED) is 0.805. The van der Waals surface area contributed by atoms with Crippen LogP contribution < -0.4 is 5.32 Å². The van der Waals surface area contributed by atoms with Crippen LogP contribution in [0.1, 0.15) is 45.4 Å². The Kier molecular flexibility index (Phi) is 5.02. The summed E-state index contributed by atoms with van der Waals surface area (Å²) >= 11 is 0. The molecule has 1 heterocycles. The van der Waals surface area contributed by atoms with Crippen molar-refractivity contribution in [2.75, 3.05) is 26.2 Å². The molecule has 1 atom stereocenters. The molecule has 114 valence electrons. The van der Waals surface area contributed by atoms with Gasteiger partial charge in [0.15, 0.2) is 0 Å². The fourth-order valence-electron chi connectivity index (χ4n) is 3.39. The SMILES string of the molecule is CC1(C(=O)NCC2CCCN(C(=O)CO)C2)CCCC1. The zero-order chi connectivity index (χ0) is 14.6. The van der Waals surface area contributed by atoms with E-state index in [-0.39, 0.29) is 17.2 Å². The molecule has 2 fully saturated rings. The molecule has 2 amide bonds. The maximum absolute atomic E-state index is 12.2. The molecule has 0 radical (unpaired) electrons. The lowest BCUT2D eigenvalue weighted by atomic mass is 9.87. The van der Waals surface area contributed by atoms with E-state index in [0.717, 1.165) is 45.1 Å². The molecule has 0 spiro atoms. The van der Waals surface area contributed by atoms with Gasteiger partial charge in [0.2, 0.25) is 11.8 Å². The molecule has 1 aliphatic heterocycles. The van der Waals surface area contributed by atoms with Crippen LogP contribution in [-0.4, -0.2) is 48.1 Å². The van der Waals surface area contributed by atoms with Gasteiger partial charge in [-0.2, -0.15) is 0 Å². The summed E-state index contributed by atoms with van der Waals surface area (Å²) in [4.78, 5) is 25.5. The Hall–Kier alpha value is -1.10. The lowest BCUT2D eigenvalue weighted by Crippen LogP contribution is -2.46. The highest BCUT2D eigenvalue weighted by molar-refractivity contribution is 5.82. The maximum Gasteiger partial charge on any atom is 0.248 e. The maximum atomic E-state index is 12.2. The summed E-state index contributed by atoms with van der Waals surface area (Å²) < 4.78 is 0. The summed E-state index contributed by atoms with van der Waals surface area (Å²) in [6, 6.07) is 0. The highest BCUT2D eigenvalue weighted by atomic mass is 16.3. The van der Waals surface area contributed by atoms with E-state index in [1.807, 2.05) is 0 Å². The molecule has 1 aliphatic carbocycles. The first kappa shape index (κ1) is 15.3. The number of carbonyl (C=O) groups excluding carboxylic acids is 2. The fourth-order valence-corrected chi connectivity index (χ4v) is 3.39. The Morgan fingerprint density at radius 2 is 2.00 bits per heavy atom. The van der Waals surface area contributed by atoms with Crippen molar-refractivity contribution in [2.45, 2.75) is 45.4 Å². The van der Waals surface area contributed by atoms with E-state index in [2.05, 4.69) is 12.2 Å². The van der Waals surface area contributed by atoms with Crippen molar-refractivity contribution >= 4 is 11.8 Å². The van der Waals surface area contributed by atoms with Gasteiger partial charge in [-0.05, 0) is 31.6 Å². The number of amides is 2. The topological polar surface area (TPSA) is 69.6 Å². The summed E-state index contributed by atoms with van der Waals surface area (Å²) in [7, 11) is 0. The molecule has 0 aromatic carbocycles. The molecular weight excluding hydrogens is 256 g/mol. The summed E-state index contributed by atoms with van der Waals surface area (Å²) in [6.45, 7) is 3.65. The third-order valence-corrected chi connectivity index (χ3v) is 4.81. The third-order valence-electron chi connectivity index (χ3n) is 4.81. The Morgan fingerprint density at radius 1 is 1.30 bits per heavy atom. The highest BCUT2D eigenvalue weighted by Crippen LogP contribution is 2.37. The number of likely N-dealkylation sites (tertiary alicyclic amines) is 1. The van der Waals surface area contributed by atoms with Gasteiger partial charge in [-0.1, -0.05) is 19.8 Å². The van der Waals surface area contributed by atoms with Gasteiger partial charge in [-0.25, -0.2) is 0 Å². The minimum Gasteiger partial charge on any atom is -0.387 e. The predicted octanol–water partition coefficient (Wildman–Crippen LogP) is 0.914. The van der Waals surface area contributed by atoms with Crippen LogP contribution in [0, 0.1) is 11.3 Å². The highest BCUT2D eigenvalue weighted by Gasteiger charge is 2.36. The van der Waals surface area contributed by atoms with Gasteiger partial charge in [-0.3, -0.25) is 9.59 Å². The van der Waals surface area contributed by atoms with Crippen molar-refractivity contribution in [1.29, 1.82) is 0 Å². The second kappa shape index (κ2) is 6.57. The van der Waals surface area contributed by atoms with E-state index in [0.29, 0.717) is 19.0 Å². The van der Waals surface area contributed by atoms with Crippen LogP contribution in [0.15, 0.2) is 0 Å². The molecular formula is C15H26N2O3. The van der Waals surface area contributed by atoms with Crippen LogP contribution >= 0.6 is 0 Å². The monoisotopic (exact) mass is 282 g/mol. The number of nitrogens with one attached hydrogen (secondary N) is 1. The summed E-state index contributed by atoms with van der Waals surface area (Å²) in [5.41, 5.74) is -0.185. The van der Waals surface area contributed by atoms with Gasteiger partial charge >= 0.3 is 0 Å². The molecule has 2 rings (SSSR count). The van der Waals surface area contributed by atoms with Crippen molar-refractivity contribution in [3.63, 3.8) is 0 Å². The molecule has 5 heteroatoms. The number of hydrogen-bond donors (Lipinski definition) is 2. The Labute approximate surface area is 120 Å². The number of aliphatic hydroxyl groups is 1. The standard InChI is InChI=1S/C15H26N2O3/c1-15(6-2-3-7-15)14(20)16-9-12-5-4-8-17(10-12)13(19)11-18/h12,18H,2-11H2,1H3,(H,16,20). The second-order valence-electron chi connectivity index (χ2n) is 6.48. The van der Waals surface area contributed by atoms with E-state index in [1.165, 1.54) is 0 Å². The molecule has 0 bridgehead atoms. The van der Waals surface area contributed by atoms with E-state index in [9.17, 15) is 9.59 Å². The van der Waals surface area contributed by atoms with Crippen molar-refractivity contribution < 1.29 is 14.7 Å². The zero-order valence-electron chi connectivity index (χ0n) is 12.4. The van der Waals surface area contributed by atoms with Crippen LogP contribution in [0.3, 0.4) is 0 Å². The number of hydrogen-bond acceptors (Lipinski definition) is 3. The molecule has 0 aromatic heterocycles. The Balaban J connectivity index is 1.78. The molecule has 2 N–H and O–H groups in total. The van der Waals surface area contributed by atoms with Crippen molar-refractivity contribution in [3.05, 3.63) is 0 Å². The smallest absolute Gasteiger partial charge is 0.248 e. The minimum absolute atomic E-state index is 0.167. The average molecular weight is 282 g/mol. The predicted molar refractivity (Wildman–Crippen MR) is 76.0 cm³/mol. The van der Waals surface area contributed by atoms with Crippen LogP contribution in [0.25, 0.3) is 0 Å². The van der Waals surface area contributed by atoms with E-state index in [4.69, 9.17) is 5.11 Å². The van der Waals surface area contributed by atoms with Crippen LogP contribution in [-0.2, 0) is 9.59 Å². The van der Waals surface area contributed by atoms with Gasteiger partial charge in [0.1, 0.15) is 6.61 Å². The van der Waals surface area contributed by atoms with Gasteiger partial charge in [0.05, 0.1) is 0 Å². The summed E-state index contributed by atoms with van der Waals surface area (Å²) in [5.74, 6) is 0.276. The number of nitrogens with zero attached hydrogens (tertiary/aromatic N) is 1. The first-order valence-corrected chi connectivity index (χ1v) is 7.72. The molecule has 20 heavy (non-hydrogen) atoms. The number of piperidine rings is 1. The molecule has 5 nitrogen and oxygen atoms in total. The first-order chi connectivity index (χ1) is 9.55. The lowest BCUT2D eigenvalue weighted by Gasteiger charge is -2.33. The van der Waals surface area contributed by atoms with Crippen LogP contribution in [0.2, 0.25) is 0 Å². The van der Waals surface area contributed by atoms with Gasteiger partial charge in [0.25, 0.3) is 0 Å². The fraction of sp³-hybridized carbons (Fsp3) is 0.867. The van der Waals surface area contributed by atoms with Crippen LogP contribution in [0.5, 0.6) is 0 Å². The normalized spacial score (nSPS) is 25.5. The third kappa shape index (κ3) is 3.51. The number of carbonyl (C=O) groups is 2. The van der Waals surface area contributed by atoms with E-state index < -0.39 is 6.61 Å². The molecule has 0 aromatic rings. The van der Waals surface area contributed by atoms with Gasteiger partial charge in [-0.15, -0.1) is 0 Å². The number of aliphatic hydroxyl groups excluding tert-OH is 1. The van der Waals surface area contributed by atoms with Crippen molar-refractivity contribution in [2.24, 2.45) is 11.3 Å². The molecule has 1 unspecified atom stereocenters. The Morgan fingerprint density at radius 3 is 2.65 bits per heavy atom. The lowest BCUT2D eigenvalue weighted by molar-refractivity contribution is -0.136. The van der Waals surface area contributed by atoms with E-state index in [1.54, 1.807) is 4.90 Å². The molecule has 2 aliphatic rings. The molecule has 1 saturated heterocycles. The van der Waals surface area contributed by atoms with Crippen molar-refractivity contribution in [1.82, 2.24) is 10.2 Å². The van der Waals surface area contributed by atoms with Crippen molar-refractivity contribution in [3.8, 4) is 0 Å². The summed E-state index contributed by atoms with van der Waals surface area (Å²) in [6.07, 6.45) is 6.24. The molecule has 1 saturated carbocycles. The largest absolute Gasteiger partial charge is 0.387 e. The van der Waals surface area contributed by atoms with E-state index >= 15 is 0 Å².